The second-order valence-electron chi connectivity index (χ2n) is 9.32. The maximum atomic E-state index is 12.6. The van der Waals surface area contributed by atoms with Gasteiger partial charge < -0.3 is 9.88 Å². The maximum Gasteiger partial charge on any atom is 0.231 e. The van der Waals surface area contributed by atoms with E-state index in [2.05, 4.69) is 73.5 Å². The van der Waals surface area contributed by atoms with Crippen molar-refractivity contribution in [1.29, 1.82) is 5.26 Å². The average Bonchev–Trinajstić information content (AvgIpc) is 3.02. The largest absolute Gasteiger partial charge is 0.337 e. The van der Waals surface area contributed by atoms with Gasteiger partial charge in [0.25, 0.3) is 0 Å². The first-order valence-electron chi connectivity index (χ1n) is 11.2. The number of hydrogen-bond acceptors (Lipinski definition) is 5. The quantitative estimate of drug-likeness (QED) is 0.501. The minimum absolute atomic E-state index is 0.101. The fraction of sp³-hybridized carbons (Fsp3) is 0.583. The fourth-order valence-electron chi connectivity index (χ4n) is 4.04. The molecule has 31 heavy (non-hydrogen) atoms. The van der Waals surface area contributed by atoms with Gasteiger partial charge in [-0.2, -0.15) is 5.26 Å². The zero-order chi connectivity index (χ0) is 22.5. The number of aromatic nitrogens is 3. The number of carbonyl (C=O) groups is 1. The third kappa shape index (κ3) is 5.68. The molecule has 0 radical (unpaired) electrons. The van der Waals surface area contributed by atoms with Gasteiger partial charge in [0, 0.05) is 12.1 Å². The highest BCUT2D eigenvalue weighted by Crippen LogP contribution is 2.29. The predicted molar refractivity (Wildman–Crippen MR) is 125 cm³/mol. The molecule has 0 saturated heterocycles. The molecule has 0 unspecified atom stereocenters. The Morgan fingerprint density at radius 3 is 2.35 bits per heavy atom. The molecule has 166 valence electrons. The summed E-state index contributed by atoms with van der Waals surface area (Å²) < 4.78 is 2.04. The Labute approximate surface area is 189 Å². The summed E-state index contributed by atoms with van der Waals surface area (Å²) in [5.74, 6) is 0.920. The molecule has 0 atom stereocenters. The van der Waals surface area contributed by atoms with Gasteiger partial charge in [-0.05, 0) is 30.7 Å². The normalized spacial score (nSPS) is 16.4. The Bertz CT molecular complexity index is 928. The van der Waals surface area contributed by atoms with Crippen molar-refractivity contribution in [3.8, 4) is 17.5 Å². The third-order valence-corrected chi connectivity index (χ3v) is 6.89. The van der Waals surface area contributed by atoms with Crippen LogP contribution in [0.4, 0.5) is 0 Å². The van der Waals surface area contributed by atoms with Gasteiger partial charge in [0.2, 0.25) is 5.91 Å². The van der Waals surface area contributed by atoms with Crippen molar-refractivity contribution in [1.82, 2.24) is 20.1 Å². The van der Waals surface area contributed by atoms with Crippen LogP contribution in [-0.2, 0) is 16.8 Å². The number of nitrogens with zero attached hydrogens (tertiary/aromatic N) is 4. The van der Waals surface area contributed by atoms with Crippen LogP contribution in [0.3, 0.4) is 0 Å². The second-order valence-corrected chi connectivity index (χ2v) is 10.3. The van der Waals surface area contributed by atoms with E-state index in [4.69, 9.17) is 0 Å². The summed E-state index contributed by atoms with van der Waals surface area (Å²) >= 11 is 1.37. The highest BCUT2D eigenvalue weighted by Gasteiger charge is 2.32. The van der Waals surface area contributed by atoms with Crippen molar-refractivity contribution in [3.05, 3.63) is 29.8 Å². The molecule has 1 N–H and O–H groups in total. The molecule has 0 aliphatic heterocycles. The van der Waals surface area contributed by atoms with Gasteiger partial charge in [0.05, 0.1) is 11.8 Å². The molecular weight excluding hydrogens is 406 g/mol. The Kier molecular flexibility index (Phi) is 7.42. The Morgan fingerprint density at radius 1 is 1.16 bits per heavy atom. The number of rotatable bonds is 6. The number of hydrogen-bond donors (Lipinski definition) is 1. The van der Waals surface area contributed by atoms with E-state index >= 15 is 0 Å². The van der Waals surface area contributed by atoms with Gasteiger partial charge in [-0.25, -0.2) is 0 Å². The first-order chi connectivity index (χ1) is 14.8. The van der Waals surface area contributed by atoms with E-state index in [1.165, 1.54) is 17.3 Å². The van der Waals surface area contributed by atoms with Gasteiger partial charge in [-0.1, -0.05) is 82.5 Å². The summed E-state index contributed by atoms with van der Waals surface area (Å²) in [5.41, 5.74) is 1.67. The van der Waals surface area contributed by atoms with Crippen LogP contribution >= 0.6 is 11.8 Å². The molecule has 1 fully saturated rings. The molecule has 1 aromatic carbocycles. The molecule has 0 bridgehead atoms. The molecule has 1 aromatic heterocycles. The lowest BCUT2D eigenvalue weighted by Gasteiger charge is -2.26. The van der Waals surface area contributed by atoms with Crippen LogP contribution in [0.2, 0.25) is 0 Å². The first-order valence-corrected chi connectivity index (χ1v) is 12.2. The molecule has 1 saturated carbocycles. The van der Waals surface area contributed by atoms with E-state index in [1.807, 2.05) is 4.57 Å². The van der Waals surface area contributed by atoms with Gasteiger partial charge in [0.1, 0.15) is 5.54 Å². The van der Waals surface area contributed by atoms with Crippen molar-refractivity contribution < 1.29 is 4.79 Å². The number of thioether (sulfide) groups is 1. The zero-order valence-electron chi connectivity index (χ0n) is 19.1. The highest BCUT2D eigenvalue weighted by atomic mass is 32.2. The van der Waals surface area contributed by atoms with E-state index in [-0.39, 0.29) is 17.1 Å². The Balaban J connectivity index is 1.68. The lowest BCUT2D eigenvalue weighted by molar-refractivity contribution is -0.120. The summed E-state index contributed by atoms with van der Waals surface area (Å²) in [7, 11) is 0. The monoisotopic (exact) mass is 439 g/mol. The number of amides is 1. The first kappa shape index (κ1) is 23.3. The molecule has 1 heterocycles. The molecule has 1 amide bonds. The number of benzene rings is 1. The molecule has 0 spiro atoms. The van der Waals surface area contributed by atoms with Crippen LogP contribution in [0.5, 0.6) is 0 Å². The van der Waals surface area contributed by atoms with E-state index in [9.17, 15) is 10.1 Å². The zero-order valence-corrected chi connectivity index (χ0v) is 19.9. The minimum Gasteiger partial charge on any atom is -0.337 e. The summed E-state index contributed by atoms with van der Waals surface area (Å²) in [4.78, 5) is 12.6. The summed E-state index contributed by atoms with van der Waals surface area (Å²) in [6.07, 6.45) is 5.71. The van der Waals surface area contributed by atoms with E-state index in [1.54, 1.807) is 0 Å². The Morgan fingerprint density at radius 2 is 1.81 bits per heavy atom. The molecule has 1 aliphatic carbocycles. The SMILES string of the molecule is CCn1c(SCC(=O)NC2(C#N)CCCCCC2)nnc1-c1ccc(C(C)(C)C)cc1. The minimum atomic E-state index is -0.716. The number of nitrogens with one attached hydrogen (secondary N) is 1. The van der Waals surface area contributed by atoms with Crippen LogP contribution < -0.4 is 5.32 Å². The van der Waals surface area contributed by atoms with Crippen molar-refractivity contribution >= 4 is 17.7 Å². The lowest BCUT2D eigenvalue weighted by Crippen LogP contribution is -2.47. The summed E-state index contributed by atoms with van der Waals surface area (Å²) in [6.45, 7) is 9.36. The molecule has 1 aliphatic rings. The van der Waals surface area contributed by atoms with E-state index in [0.29, 0.717) is 0 Å². The average molecular weight is 440 g/mol. The number of carbonyl (C=O) groups excluding carboxylic acids is 1. The standard InChI is InChI=1S/C24H33N5OS/c1-5-29-21(18-10-12-19(13-11-18)23(2,3)4)27-28-22(29)31-16-20(30)26-24(17-25)14-8-6-7-9-15-24/h10-13H,5-9,14-16H2,1-4H3,(H,26,30). The lowest BCUT2D eigenvalue weighted by atomic mass is 9.87. The fourth-order valence-corrected chi connectivity index (χ4v) is 4.85. The Hall–Kier alpha value is -2.33. The molecule has 3 rings (SSSR count). The van der Waals surface area contributed by atoms with Crippen molar-refractivity contribution in [2.45, 2.75) is 88.9 Å². The van der Waals surface area contributed by atoms with Gasteiger partial charge in [-0.15, -0.1) is 10.2 Å². The molecular formula is C24H33N5OS. The van der Waals surface area contributed by atoms with Crippen molar-refractivity contribution in [2.24, 2.45) is 0 Å². The molecule has 2 aromatic rings. The van der Waals surface area contributed by atoms with Crippen LogP contribution in [-0.4, -0.2) is 32.0 Å². The van der Waals surface area contributed by atoms with Gasteiger partial charge in [-0.3, -0.25) is 4.79 Å². The van der Waals surface area contributed by atoms with Crippen LogP contribution in [0, 0.1) is 11.3 Å². The van der Waals surface area contributed by atoms with Crippen molar-refractivity contribution in [3.63, 3.8) is 0 Å². The van der Waals surface area contributed by atoms with Crippen LogP contribution in [0.1, 0.15) is 71.8 Å². The second kappa shape index (κ2) is 9.86. The van der Waals surface area contributed by atoms with E-state index < -0.39 is 5.54 Å². The van der Waals surface area contributed by atoms with Gasteiger partial charge in [0.15, 0.2) is 11.0 Å². The van der Waals surface area contributed by atoms with Crippen LogP contribution in [0.25, 0.3) is 11.4 Å². The topological polar surface area (TPSA) is 83.6 Å². The molecule has 6 nitrogen and oxygen atoms in total. The predicted octanol–water partition coefficient (Wildman–Crippen LogP) is 5.09. The third-order valence-electron chi connectivity index (χ3n) is 5.92. The maximum absolute atomic E-state index is 12.6. The summed E-state index contributed by atoms with van der Waals surface area (Å²) in [5, 5.41) is 22.1. The number of nitriles is 1. The molecule has 7 heteroatoms. The van der Waals surface area contributed by atoms with Crippen molar-refractivity contribution in [2.75, 3.05) is 5.75 Å². The van der Waals surface area contributed by atoms with Crippen LogP contribution in [0.15, 0.2) is 29.4 Å². The van der Waals surface area contributed by atoms with E-state index in [0.717, 1.165) is 61.6 Å². The highest BCUT2D eigenvalue weighted by molar-refractivity contribution is 7.99. The smallest absolute Gasteiger partial charge is 0.231 e. The summed E-state index contributed by atoms with van der Waals surface area (Å²) in [6, 6.07) is 10.8. The van der Waals surface area contributed by atoms with Gasteiger partial charge >= 0.3 is 0 Å².